The van der Waals surface area contributed by atoms with Crippen LogP contribution in [0.4, 0.5) is 0 Å². The van der Waals surface area contributed by atoms with Crippen LogP contribution in [0.2, 0.25) is 0 Å². The van der Waals surface area contributed by atoms with Crippen LogP contribution in [-0.2, 0) is 0 Å². The molecule has 242 valence electrons. The van der Waals surface area contributed by atoms with Gasteiger partial charge in [0.15, 0.2) is 0 Å². The number of benzene rings is 3. The summed E-state index contributed by atoms with van der Waals surface area (Å²) < 4.78 is 2.25. The summed E-state index contributed by atoms with van der Waals surface area (Å²) in [5.41, 5.74) is 12.9. The van der Waals surface area contributed by atoms with E-state index in [1.165, 1.54) is 22.2 Å². The van der Waals surface area contributed by atoms with Gasteiger partial charge in [-0.05, 0) is 85.7 Å². The minimum Gasteiger partial charge on any atom is -0.336 e. The summed E-state index contributed by atoms with van der Waals surface area (Å²) in [6.45, 7) is 4.30. The molecule has 0 fully saturated rings. The van der Waals surface area contributed by atoms with Crippen molar-refractivity contribution in [2.24, 2.45) is 5.92 Å². The van der Waals surface area contributed by atoms with Gasteiger partial charge in [-0.1, -0.05) is 104 Å². The van der Waals surface area contributed by atoms with Gasteiger partial charge in [-0.15, -0.1) is 0 Å². The molecular weight excluding hydrogens is 609 g/mol. The maximum Gasteiger partial charge on any atom is 0.0998 e. The van der Waals surface area contributed by atoms with Gasteiger partial charge in [0.25, 0.3) is 0 Å². The van der Waals surface area contributed by atoms with Crippen molar-refractivity contribution in [1.82, 2.24) is 9.47 Å². The van der Waals surface area contributed by atoms with Gasteiger partial charge in [0, 0.05) is 50.8 Å². The second-order valence-electron chi connectivity index (χ2n) is 13.2. The zero-order chi connectivity index (χ0) is 34.2. The van der Waals surface area contributed by atoms with Crippen LogP contribution in [0.1, 0.15) is 60.6 Å². The van der Waals surface area contributed by atoms with Crippen LogP contribution in [0.5, 0.6) is 0 Å². The predicted octanol–water partition coefficient (Wildman–Crippen LogP) is 11.0. The summed E-state index contributed by atoms with van der Waals surface area (Å²) in [7, 11) is 0. The van der Waals surface area contributed by atoms with E-state index in [4.69, 9.17) is 0 Å². The molecule has 0 N–H and O–H groups in total. The molecule has 1 aromatic heterocycles. The molecule has 2 atom stereocenters. The second kappa shape index (κ2) is 13.1. The number of nitriles is 2. The number of rotatable bonds is 6. The molecule has 0 spiro atoms. The van der Waals surface area contributed by atoms with Gasteiger partial charge < -0.3 is 9.47 Å². The lowest BCUT2D eigenvalue weighted by Gasteiger charge is -2.33. The lowest BCUT2D eigenvalue weighted by atomic mass is 9.87. The van der Waals surface area contributed by atoms with Gasteiger partial charge in [-0.2, -0.15) is 10.5 Å². The molecule has 4 aromatic rings. The quantitative estimate of drug-likeness (QED) is 0.209. The second-order valence-corrected chi connectivity index (χ2v) is 13.2. The van der Waals surface area contributed by atoms with Crippen LogP contribution < -0.4 is 0 Å². The summed E-state index contributed by atoms with van der Waals surface area (Å²) >= 11 is 0. The first-order chi connectivity index (χ1) is 24.6. The normalized spacial score (nSPS) is 19.3. The number of aromatic nitrogens is 1. The molecule has 4 nitrogen and oxygen atoms in total. The molecular formula is C46H38N4. The Morgan fingerprint density at radius 3 is 2.56 bits per heavy atom. The molecule has 2 heterocycles. The van der Waals surface area contributed by atoms with Crippen LogP contribution in [0, 0.1) is 35.5 Å². The molecule has 2 unspecified atom stereocenters. The SMILES string of the molecule is CC/C=C\c1c(C)c2ccccc2n1-c1ccc(-c2c(C#N)cccc2C2=C(N3C4=C(C=CCC4)C4C=CC=CC43)C=CCC=C2)c(C#N)c1. The molecule has 0 radical (unpaired) electrons. The number of aryl methyl sites for hydroxylation is 1. The molecule has 1 aliphatic heterocycles. The number of hydrogen-bond donors (Lipinski definition) is 0. The molecule has 50 heavy (non-hydrogen) atoms. The fraction of sp³-hybridized carbons (Fsp3) is 0.174. The van der Waals surface area contributed by atoms with Crippen LogP contribution >= 0.6 is 0 Å². The van der Waals surface area contributed by atoms with E-state index in [9.17, 15) is 10.5 Å². The van der Waals surface area contributed by atoms with Crippen molar-refractivity contribution in [3.63, 3.8) is 0 Å². The monoisotopic (exact) mass is 646 g/mol. The van der Waals surface area contributed by atoms with E-state index in [0.717, 1.165) is 70.5 Å². The maximum absolute atomic E-state index is 10.7. The number of allylic oxidation sites excluding steroid dienone is 11. The van der Waals surface area contributed by atoms with Crippen molar-refractivity contribution in [1.29, 1.82) is 10.5 Å². The highest BCUT2D eigenvalue weighted by molar-refractivity contribution is 5.93. The van der Waals surface area contributed by atoms with Crippen molar-refractivity contribution in [3.05, 3.63) is 172 Å². The van der Waals surface area contributed by atoms with Gasteiger partial charge in [0.05, 0.1) is 34.8 Å². The van der Waals surface area contributed by atoms with Gasteiger partial charge >= 0.3 is 0 Å². The van der Waals surface area contributed by atoms with Gasteiger partial charge in [-0.25, -0.2) is 0 Å². The molecule has 0 bridgehead atoms. The van der Waals surface area contributed by atoms with Crippen molar-refractivity contribution in [2.75, 3.05) is 0 Å². The Morgan fingerprint density at radius 1 is 0.860 bits per heavy atom. The molecule has 3 aliphatic carbocycles. The maximum atomic E-state index is 10.7. The minimum absolute atomic E-state index is 0.182. The summed E-state index contributed by atoms with van der Waals surface area (Å²) in [6, 6.07) is 25.7. The lowest BCUT2D eigenvalue weighted by Crippen LogP contribution is -2.32. The third kappa shape index (κ3) is 5.04. The molecule has 0 saturated carbocycles. The molecule has 0 amide bonds. The van der Waals surface area contributed by atoms with E-state index < -0.39 is 0 Å². The first-order valence-corrected chi connectivity index (χ1v) is 17.6. The van der Waals surface area contributed by atoms with Crippen LogP contribution in [0.3, 0.4) is 0 Å². The Labute approximate surface area is 294 Å². The highest BCUT2D eigenvalue weighted by Crippen LogP contribution is 2.47. The topological polar surface area (TPSA) is 55.8 Å². The third-order valence-corrected chi connectivity index (χ3v) is 10.4. The highest BCUT2D eigenvalue weighted by atomic mass is 15.2. The predicted molar refractivity (Wildman–Crippen MR) is 205 cm³/mol. The van der Waals surface area contributed by atoms with E-state index in [-0.39, 0.29) is 6.04 Å². The van der Waals surface area contributed by atoms with Gasteiger partial charge in [-0.3, -0.25) is 0 Å². The van der Waals surface area contributed by atoms with Crippen LogP contribution in [0.15, 0.2) is 144 Å². The zero-order valence-electron chi connectivity index (χ0n) is 28.5. The molecule has 8 rings (SSSR count). The van der Waals surface area contributed by atoms with Crippen LogP contribution in [-0.4, -0.2) is 15.5 Å². The standard InChI is InChI=1S/C46H38N4/c1-3-4-21-41-31(2)35-16-8-11-23-42(35)49(41)34-26-27-36(33(28-34)30-48)46-32(29-47)15-14-20-40(46)39-17-6-5-7-22-45(39)50-43-24-12-9-18-37(43)38-19-10-13-25-44(38)50/h4,6-12,14-24,26-28,37,43H,3,5,13,25H2,1-2H3/b21-4-. The van der Waals surface area contributed by atoms with Crippen molar-refractivity contribution in [2.45, 2.75) is 45.6 Å². The van der Waals surface area contributed by atoms with E-state index in [0.29, 0.717) is 17.0 Å². The van der Waals surface area contributed by atoms with Crippen molar-refractivity contribution < 1.29 is 0 Å². The van der Waals surface area contributed by atoms with Crippen molar-refractivity contribution >= 4 is 22.6 Å². The molecule has 0 saturated heterocycles. The van der Waals surface area contributed by atoms with E-state index in [1.54, 1.807) is 0 Å². The lowest BCUT2D eigenvalue weighted by molar-refractivity contribution is 0.367. The summed E-state index contributed by atoms with van der Waals surface area (Å²) in [5, 5.41) is 22.5. The van der Waals surface area contributed by atoms with Gasteiger partial charge in [0.2, 0.25) is 0 Å². The van der Waals surface area contributed by atoms with E-state index >= 15 is 0 Å². The summed E-state index contributed by atoms with van der Waals surface area (Å²) in [6.07, 6.45) is 30.6. The summed E-state index contributed by atoms with van der Waals surface area (Å²) in [4.78, 5) is 2.53. The molecule has 4 aliphatic rings. The first-order valence-electron chi connectivity index (χ1n) is 17.6. The Bertz CT molecular complexity index is 2380. The molecule has 4 heteroatoms. The Hall–Kier alpha value is -6.10. The fourth-order valence-corrected chi connectivity index (χ4v) is 8.18. The number of fused-ring (bicyclic) bond motifs is 3. The van der Waals surface area contributed by atoms with E-state index in [2.05, 4.69) is 145 Å². The minimum atomic E-state index is 0.182. The third-order valence-electron chi connectivity index (χ3n) is 10.4. The summed E-state index contributed by atoms with van der Waals surface area (Å²) in [5.74, 6) is 0.300. The van der Waals surface area contributed by atoms with Crippen molar-refractivity contribution in [3.8, 4) is 29.0 Å². The smallest absolute Gasteiger partial charge is 0.0998 e. The largest absolute Gasteiger partial charge is 0.336 e. The zero-order valence-corrected chi connectivity index (χ0v) is 28.5. The van der Waals surface area contributed by atoms with Crippen LogP contribution in [0.25, 0.3) is 39.4 Å². The number of nitrogens with zero attached hydrogens (tertiary/aromatic N) is 4. The Kier molecular flexibility index (Phi) is 8.15. The van der Waals surface area contributed by atoms with E-state index in [1.807, 2.05) is 24.3 Å². The molecule has 3 aromatic carbocycles. The average Bonchev–Trinajstić information content (AvgIpc) is 3.52. The Balaban J connectivity index is 1.34. The Morgan fingerprint density at radius 2 is 1.70 bits per heavy atom. The number of para-hydroxylation sites is 1. The highest BCUT2D eigenvalue weighted by Gasteiger charge is 2.40. The average molecular weight is 647 g/mol. The number of hydrogen-bond acceptors (Lipinski definition) is 3. The fourth-order valence-electron chi connectivity index (χ4n) is 8.18. The first kappa shape index (κ1) is 31.2. The van der Waals surface area contributed by atoms with Gasteiger partial charge in [0.1, 0.15) is 0 Å².